The average molecular weight is 544 g/mol. The van der Waals surface area contributed by atoms with Crippen LogP contribution in [0.3, 0.4) is 0 Å². The monoisotopic (exact) mass is 543 g/mol. The number of ether oxygens (including phenoxy) is 3. The third kappa shape index (κ3) is 6.92. The first-order chi connectivity index (χ1) is 19.5. The lowest BCUT2D eigenvalue weighted by molar-refractivity contribution is -0.141. The minimum Gasteiger partial charge on any atom is -0.497 e. The van der Waals surface area contributed by atoms with Crippen molar-refractivity contribution in [1.82, 2.24) is 4.98 Å². The van der Waals surface area contributed by atoms with Crippen LogP contribution in [0, 0.1) is 11.8 Å². The van der Waals surface area contributed by atoms with Crippen molar-refractivity contribution in [3.63, 3.8) is 0 Å². The van der Waals surface area contributed by atoms with Crippen LogP contribution < -0.4 is 19.7 Å². The van der Waals surface area contributed by atoms with Gasteiger partial charge in [-0.15, -0.1) is 0 Å². The number of nitrogens with one attached hydrogen (secondary N) is 1. The molecule has 1 atom stereocenters. The van der Waals surface area contributed by atoms with E-state index in [4.69, 9.17) is 14.2 Å². The average Bonchev–Trinajstić information content (AvgIpc) is 3.85. The molecule has 0 bridgehead atoms. The van der Waals surface area contributed by atoms with Crippen LogP contribution in [0.1, 0.15) is 53.9 Å². The maximum atomic E-state index is 13.1. The fourth-order valence-electron chi connectivity index (χ4n) is 5.42. The predicted molar refractivity (Wildman–Crippen MR) is 154 cm³/mol. The van der Waals surface area contributed by atoms with Crippen molar-refractivity contribution in [1.29, 1.82) is 0 Å². The van der Waals surface area contributed by atoms with Crippen LogP contribution in [0.4, 0.5) is 11.5 Å². The normalized spacial score (nSPS) is 16.2. The molecule has 40 heavy (non-hydrogen) atoms. The zero-order valence-electron chi connectivity index (χ0n) is 23.2. The van der Waals surface area contributed by atoms with Gasteiger partial charge in [-0.2, -0.15) is 0 Å². The van der Waals surface area contributed by atoms with Crippen LogP contribution in [-0.2, 0) is 9.53 Å². The van der Waals surface area contributed by atoms with Crippen LogP contribution in [0.5, 0.6) is 11.5 Å². The summed E-state index contributed by atoms with van der Waals surface area (Å²) in [5.74, 6) is 2.86. The molecular formula is C32H37N3O5. The topological polar surface area (TPSA) is 90.0 Å². The number of carbonyl (C=O) groups excluding carboxylic acids is 2. The second-order valence-electron chi connectivity index (χ2n) is 10.6. The molecule has 2 fully saturated rings. The lowest BCUT2D eigenvalue weighted by Gasteiger charge is -2.34. The summed E-state index contributed by atoms with van der Waals surface area (Å²) in [5, 5.41) is 2.90. The molecule has 0 spiro atoms. The Morgan fingerprint density at radius 1 is 0.975 bits per heavy atom. The first-order valence-electron chi connectivity index (χ1n) is 14.0. The molecule has 1 saturated heterocycles. The summed E-state index contributed by atoms with van der Waals surface area (Å²) in [5.41, 5.74) is 2.60. The van der Waals surface area contributed by atoms with E-state index in [0.29, 0.717) is 42.0 Å². The van der Waals surface area contributed by atoms with Gasteiger partial charge in [-0.25, -0.2) is 4.98 Å². The van der Waals surface area contributed by atoms with E-state index < -0.39 is 0 Å². The van der Waals surface area contributed by atoms with Gasteiger partial charge in [0, 0.05) is 25.4 Å². The van der Waals surface area contributed by atoms with Gasteiger partial charge in [-0.05, 0) is 85.4 Å². The summed E-state index contributed by atoms with van der Waals surface area (Å²) < 4.78 is 16.6. The first kappa shape index (κ1) is 27.5. The minimum atomic E-state index is -0.196. The summed E-state index contributed by atoms with van der Waals surface area (Å²) in [7, 11) is 3.08. The molecule has 1 N–H and O–H groups in total. The van der Waals surface area contributed by atoms with Gasteiger partial charge < -0.3 is 24.4 Å². The molecule has 0 radical (unpaired) electrons. The highest BCUT2D eigenvalue weighted by Crippen LogP contribution is 2.45. The van der Waals surface area contributed by atoms with E-state index in [1.165, 1.54) is 7.11 Å². The van der Waals surface area contributed by atoms with Crippen LogP contribution >= 0.6 is 0 Å². The number of anilines is 2. The van der Waals surface area contributed by atoms with Crippen molar-refractivity contribution in [2.24, 2.45) is 11.8 Å². The van der Waals surface area contributed by atoms with E-state index >= 15 is 0 Å². The van der Waals surface area contributed by atoms with Gasteiger partial charge in [-0.3, -0.25) is 9.59 Å². The Labute approximate surface area is 235 Å². The van der Waals surface area contributed by atoms with Crippen LogP contribution in [0.15, 0.2) is 66.9 Å². The number of piperidine rings is 1. The number of benzene rings is 2. The van der Waals surface area contributed by atoms with Crippen molar-refractivity contribution in [3.05, 3.63) is 78.0 Å². The highest BCUT2D eigenvalue weighted by molar-refractivity contribution is 6.08. The highest BCUT2D eigenvalue weighted by atomic mass is 16.5. The molecule has 2 aliphatic rings. The summed E-state index contributed by atoms with van der Waals surface area (Å²) in [4.78, 5) is 31.6. The van der Waals surface area contributed by atoms with Gasteiger partial charge in [0.15, 0.2) is 0 Å². The minimum absolute atomic E-state index is 0.164. The van der Waals surface area contributed by atoms with E-state index in [-0.39, 0.29) is 17.8 Å². The molecule has 210 valence electrons. The van der Waals surface area contributed by atoms with Gasteiger partial charge >= 0.3 is 5.97 Å². The maximum absolute atomic E-state index is 13.1. The van der Waals surface area contributed by atoms with Crippen molar-refractivity contribution in [3.8, 4) is 11.5 Å². The van der Waals surface area contributed by atoms with Crippen LogP contribution in [-0.4, -0.2) is 50.8 Å². The third-order valence-electron chi connectivity index (χ3n) is 7.89. The molecule has 1 unspecified atom stereocenters. The smallest absolute Gasteiger partial charge is 0.306 e. The number of amides is 1. The Balaban J connectivity index is 1.19. The summed E-state index contributed by atoms with van der Waals surface area (Å²) in [6.07, 6.45) is 6.28. The molecular weight excluding hydrogens is 506 g/mol. The zero-order valence-corrected chi connectivity index (χ0v) is 23.2. The van der Waals surface area contributed by atoms with Crippen molar-refractivity contribution >= 4 is 23.4 Å². The van der Waals surface area contributed by atoms with Crippen LogP contribution in [0.2, 0.25) is 0 Å². The number of carbonyl (C=O) groups is 2. The van der Waals surface area contributed by atoms with E-state index in [1.807, 2.05) is 42.5 Å². The quantitative estimate of drug-likeness (QED) is 0.311. The molecule has 1 amide bonds. The Bertz CT molecular complexity index is 1300. The largest absolute Gasteiger partial charge is 0.497 e. The van der Waals surface area contributed by atoms with Gasteiger partial charge in [0.2, 0.25) is 0 Å². The molecule has 1 saturated carbocycles. The number of pyridine rings is 1. The standard InChI is InChI=1S/C32H37N3O5/c1-38-25-11-12-27(32(37)34-30-8-3-4-15-33-30)29(19-25)35-16-13-22(14-17-35)21-40-26-7-5-6-24(18-26)28(23-9-10-23)20-31(36)39-2/h3-8,11-12,15,18-19,22-23,28H,9-10,13-14,16-17,20-21H2,1-2H3,(H,33,34,37). The SMILES string of the molecule is COC(=O)CC(c1cccc(OCC2CCN(c3cc(OC)ccc3C(=O)Nc3ccccn3)CC2)c1)C1CC1. The third-order valence-corrected chi connectivity index (χ3v) is 7.89. The number of hydrogen-bond donors (Lipinski definition) is 1. The predicted octanol–water partition coefficient (Wildman–Crippen LogP) is 5.69. The Morgan fingerprint density at radius 2 is 1.80 bits per heavy atom. The Kier molecular flexibility index (Phi) is 8.84. The van der Waals surface area contributed by atoms with E-state index in [2.05, 4.69) is 27.3 Å². The lowest BCUT2D eigenvalue weighted by Crippen LogP contribution is -2.36. The van der Waals surface area contributed by atoms with E-state index in [0.717, 1.165) is 55.8 Å². The fourth-order valence-corrected chi connectivity index (χ4v) is 5.42. The molecule has 8 nitrogen and oxygen atoms in total. The second-order valence-corrected chi connectivity index (χ2v) is 10.6. The molecule has 2 heterocycles. The maximum Gasteiger partial charge on any atom is 0.306 e. The summed E-state index contributed by atoms with van der Waals surface area (Å²) in [6.45, 7) is 2.26. The molecule has 3 aromatic rings. The lowest BCUT2D eigenvalue weighted by atomic mass is 9.91. The van der Waals surface area contributed by atoms with Gasteiger partial charge in [0.05, 0.1) is 38.5 Å². The number of nitrogens with zero attached hydrogens (tertiary/aromatic N) is 2. The van der Waals surface area contributed by atoms with Crippen molar-refractivity contribution in [2.75, 3.05) is 44.1 Å². The second kappa shape index (κ2) is 12.9. The summed E-state index contributed by atoms with van der Waals surface area (Å²) in [6, 6.07) is 19.2. The Hall–Kier alpha value is -4.07. The zero-order chi connectivity index (χ0) is 27.9. The first-order valence-corrected chi connectivity index (χ1v) is 14.0. The van der Waals surface area contributed by atoms with E-state index in [1.54, 1.807) is 19.4 Å². The highest BCUT2D eigenvalue weighted by Gasteiger charge is 2.34. The van der Waals surface area contributed by atoms with Gasteiger partial charge in [0.25, 0.3) is 5.91 Å². The number of aromatic nitrogens is 1. The Morgan fingerprint density at radius 3 is 2.50 bits per heavy atom. The molecule has 8 heteroatoms. The molecule has 1 aliphatic heterocycles. The number of rotatable bonds is 11. The van der Waals surface area contributed by atoms with Gasteiger partial charge in [0.1, 0.15) is 17.3 Å². The number of methoxy groups -OCH3 is 2. The van der Waals surface area contributed by atoms with Crippen molar-refractivity contribution < 1.29 is 23.8 Å². The molecule has 5 rings (SSSR count). The van der Waals surface area contributed by atoms with E-state index in [9.17, 15) is 9.59 Å². The molecule has 2 aromatic carbocycles. The van der Waals surface area contributed by atoms with Crippen LogP contribution in [0.25, 0.3) is 0 Å². The number of esters is 1. The van der Waals surface area contributed by atoms with Crippen molar-refractivity contribution in [2.45, 2.75) is 38.0 Å². The fraction of sp³-hybridized carbons (Fsp3) is 0.406. The summed E-state index contributed by atoms with van der Waals surface area (Å²) >= 11 is 0. The molecule has 1 aromatic heterocycles. The molecule has 1 aliphatic carbocycles. The van der Waals surface area contributed by atoms with Gasteiger partial charge in [-0.1, -0.05) is 18.2 Å². The number of hydrogen-bond acceptors (Lipinski definition) is 7.